The molecule has 1 N–H and O–H groups in total. The second-order valence-corrected chi connectivity index (χ2v) is 13.1. The van der Waals surface area contributed by atoms with Gasteiger partial charge in [-0.25, -0.2) is 8.42 Å². The van der Waals surface area contributed by atoms with Crippen molar-refractivity contribution in [1.29, 1.82) is 0 Å². The van der Waals surface area contributed by atoms with Gasteiger partial charge in [0.25, 0.3) is 10.0 Å². The van der Waals surface area contributed by atoms with Crippen molar-refractivity contribution >= 4 is 62.5 Å². The molecule has 1 unspecified atom stereocenters. The molecule has 0 aliphatic heterocycles. The van der Waals surface area contributed by atoms with Gasteiger partial charge in [0.1, 0.15) is 12.6 Å². The van der Waals surface area contributed by atoms with Gasteiger partial charge in [0.15, 0.2) is 0 Å². The van der Waals surface area contributed by atoms with Crippen molar-refractivity contribution in [3.8, 4) is 0 Å². The molecule has 0 aromatic heterocycles. The van der Waals surface area contributed by atoms with E-state index in [9.17, 15) is 18.0 Å². The normalized spacial score (nSPS) is 12.0. The molecule has 0 radical (unpaired) electrons. The molecular weight excluding hydrogens is 601 g/mol. The van der Waals surface area contributed by atoms with E-state index < -0.39 is 28.5 Å². The van der Waals surface area contributed by atoms with E-state index in [0.717, 1.165) is 27.6 Å². The van der Waals surface area contributed by atoms with E-state index in [2.05, 4.69) is 5.32 Å². The quantitative estimate of drug-likeness (QED) is 0.170. The summed E-state index contributed by atoms with van der Waals surface area (Å²) < 4.78 is 29.0. The predicted octanol–water partition coefficient (Wildman–Crippen LogP) is 6.55. The van der Waals surface area contributed by atoms with Gasteiger partial charge < -0.3 is 10.2 Å². The number of unbranched alkanes of at least 4 members (excludes halogenated alkanes) is 1. The summed E-state index contributed by atoms with van der Waals surface area (Å²) in [5.74, 6) is -0.934. The molecular formula is C30H35Cl2N3O4S2. The van der Waals surface area contributed by atoms with E-state index >= 15 is 0 Å². The fourth-order valence-corrected chi connectivity index (χ4v) is 6.43. The lowest BCUT2D eigenvalue weighted by molar-refractivity contribution is -0.139. The van der Waals surface area contributed by atoms with Gasteiger partial charge in [-0.15, -0.1) is 11.8 Å². The highest BCUT2D eigenvalue weighted by Crippen LogP contribution is 2.29. The SMILES string of the molecule is CCCCNC(=O)C(C)N(Cc1c(Cl)cccc1Cl)C(=O)CN(c1ccc(C)cc1)S(=O)(=O)c1ccc(SC)cc1. The first-order valence-electron chi connectivity index (χ1n) is 13.2. The number of carbonyl (C=O) groups excluding carboxylic acids is 2. The summed E-state index contributed by atoms with van der Waals surface area (Å²) in [6.45, 7) is 5.36. The lowest BCUT2D eigenvalue weighted by Gasteiger charge is -2.32. The number of amides is 2. The predicted molar refractivity (Wildman–Crippen MR) is 168 cm³/mol. The minimum atomic E-state index is -4.15. The number of anilines is 1. The zero-order chi connectivity index (χ0) is 30.2. The van der Waals surface area contributed by atoms with Crippen molar-refractivity contribution in [2.24, 2.45) is 0 Å². The Kier molecular flexibility index (Phi) is 12.0. The van der Waals surface area contributed by atoms with Gasteiger partial charge in [0.05, 0.1) is 10.6 Å². The molecule has 0 fully saturated rings. The summed E-state index contributed by atoms with van der Waals surface area (Å²) in [5, 5.41) is 3.54. The molecule has 0 heterocycles. The van der Waals surface area contributed by atoms with Gasteiger partial charge in [0.2, 0.25) is 11.8 Å². The largest absolute Gasteiger partial charge is 0.354 e. The average molecular weight is 637 g/mol. The van der Waals surface area contributed by atoms with Crippen LogP contribution in [-0.2, 0) is 26.2 Å². The van der Waals surface area contributed by atoms with Gasteiger partial charge in [-0.3, -0.25) is 13.9 Å². The molecule has 1 atom stereocenters. The minimum absolute atomic E-state index is 0.0507. The third kappa shape index (κ3) is 8.41. The molecule has 3 aromatic rings. The first kappa shape index (κ1) is 32.8. The first-order chi connectivity index (χ1) is 19.5. The zero-order valence-electron chi connectivity index (χ0n) is 23.6. The maximum Gasteiger partial charge on any atom is 0.264 e. The number of sulfonamides is 1. The fourth-order valence-electron chi connectivity index (χ4n) is 4.09. The maximum atomic E-state index is 14.0. The number of thioether (sulfide) groups is 1. The maximum absolute atomic E-state index is 14.0. The van der Waals surface area contributed by atoms with Crippen molar-refractivity contribution in [1.82, 2.24) is 10.2 Å². The molecule has 0 spiro atoms. The molecule has 0 saturated carbocycles. The van der Waals surface area contributed by atoms with Gasteiger partial charge in [0, 0.05) is 33.6 Å². The summed E-state index contributed by atoms with van der Waals surface area (Å²) in [5.41, 5.74) is 1.73. The first-order valence-corrected chi connectivity index (χ1v) is 16.6. The van der Waals surface area contributed by atoms with E-state index in [1.54, 1.807) is 61.5 Å². The summed E-state index contributed by atoms with van der Waals surface area (Å²) in [6.07, 6.45) is 3.59. The molecule has 220 valence electrons. The van der Waals surface area contributed by atoms with Crippen molar-refractivity contribution < 1.29 is 18.0 Å². The number of benzene rings is 3. The van der Waals surface area contributed by atoms with Crippen LogP contribution in [0.4, 0.5) is 5.69 Å². The van der Waals surface area contributed by atoms with E-state index in [-0.39, 0.29) is 17.3 Å². The summed E-state index contributed by atoms with van der Waals surface area (Å²) >= 11 is 14.4. The Labute approximate surface area is 257 Å². The Morgan fingerprint density at radius 2 is 1.59 bits per heavy atom. The number of aryl methyl sites for hydroxylation is 1. The molecule has 2 amide bonds. The van der Waals surface area contributed by atoms with Gasteiger partial charge in [-0.1, -0.05) is 60.3 Å². The topological polar surface area (TPSA) is 86.8 Å². The average Bonchev–Trinajstić information content (AvgIpc) is 2.96. The summed E-state index contributed by atoms with van der Waals surface area (Å²) in [6, 6.07) is 17.5. The van der Waals surface area contributed by atoms with E-state index in [0.29, 0.717) is 27.8 Å². The smallest absolute Gasteiger partial charge is 0.264 e. The van der Waals surface area contributed by atoms with Crippen LogP contribution in [0.15, 0.2) is 76.5 Å². The van der Waals surface area contributed by atoms with Crippen LogP contribution in [0.5, 0.6) is 0 Å². The Morgan fingerprint density at radius 3 is 2.15 bits per heavy atom. The molecule has 0 aliphatic carbocycles. The monoisotopic (exact) mass is 635 g/mol. The molecule has 41 heavy (non-hydrogen) atoms. The molecule has 3 rings (SSSR count). The Bertz CT molecular complexity index is 1430. The number of hydrogen-bond acceptors (Lipinski definition) is 5. The number of halogens is 2. The Hall–Kier alpha value is -2.72. The van der Waals surface area contributed by atoms with Gasteiger partial charge in [-0.2, -0.15) is 0 Å². The third-order valence-corrected chi connectivity index (χ3v) is 9.88. The van der Waals surface area contributed by atoms with Crippen LogP contribution in [-0.4, -0.2) is 50.5 Å². The highest BCUT2D eigenvalue weighted by atomic mass is 35.5. The number of hydrogen-bond donors (Lipinski definition) is 1. The van der Waals surface area contributed by atoms with Crippen LogP contribution in [0.25, 0.3) is 0 Å². The number of nitrogens with one attached hydrogen (secondary N) is 1. The summed E-state index contributed by atoms with van der Waals surface area (Å²) in [4.78, 5) is 29.4. The van der Waals surface area contributed by atoms with Crippen molar-refractivity contribution in [3.63, 3.8) is 0 Å². The molecule has 0 saturated heterocycles. The molecule has 3 aromatic carbocycles. The van der Waals surface area contributed by atoms with E-state index in [1.807, 2.05) is 20.1 Å². The Balaban J connectivity index is 2.03. The standard InChI is InChI=1S/C30H35Cl2N3O4S2/c1-5-6-18-33-30(37)22(3)34(19-26-27(31)8-7-9-28(26)32)29(36)20-35(23-12-10-21(2)11-13-23)41(38,39)25-16-14-24(40-4)15-17-25/h7-17,22H,5-6,18-20H2,1-4H3,(H,33,37). The van der Waals surface area contributed by atoms with Crippen molar-refractivity contribution in [2.45, 2.75) is 56.0 Å². The molecule has 0 bridgehead atoms. The van der Waals surface area contributed by atoms with Crippen LogP contribution in [0.3, 0.4) is 0 Å². The minimum Gasteiger partial charge on any atom is -0.354 e. The second-order valence-electron chi connectivity index (χ2n) is 9.57. The lowest BCUT2D eigenvalue weighted by atomic mass is 10.1. The van der Waals surface area contributed by atoms with Crippen LogP contribution in [0, 0.1) is 6.92 Å². The summed E-state index contributed by atoms with van der Waals surface area (Å²) in [7, 11) is -4.15. The highest BCUT2D eigenvalue weighted by Gasteiger charge is 2.33. The van der Waals surface area contributed by atoms with Crippen LogP contribution >= 0.6 is 35.0 Å². The number of rotatable bonds is 13. The number of nitrogens with zero attached hydrogens (tertiary/aromatic N) is 2. The Morgan fingerprint density at radius 1 is 0.976 bits per heavy atom. The molecule has 7 nitrogen and oxygen atoms in total. The van der Waals surface area contributed by atoms with Crippen LogP contribution in [0.1, 0.15) is 37.8 Å². The number of carbonyl (C=O) groups is 2. The van der Waals surface area contributed by atoms with Gasteiger partial charge in [-0.05, 0) is 75.1 Å². The zero-order valence-corrected chi connectivity index (χ0v) is 26.7. The van der Waals surface area contributed by atoms with Crippen LogP contribution in [0.2, 0.25) is 10.0 Å². The van der Waals surface area contributed by atoms with Crippen molar-refractivity contribution in [3.05, 3.63) is 87.9 Å². The van der Waals surface area contributed by atoms with Crippen molar-refractivity contribution in [2.75, 3.05) is 23.7 Å². The highest BCUT2D eigenvalue weighted by molar-refractivity contribution is 7.98. The molecule has 0 aliphatic rings. The molecule has 11 heteroatoms. The van der Waals surface area contributed by atoms with E-state index in [1.165, 1.54) is 28.8 Å². The fraction of sp³-hybridized carbons (Fsp3) is 0.333. The third-order valence-electron chi connectivity index (χ3n) is 6.64. The van der Waals surface area contributed by atoms with E-state index in [4.69, 9.17) is 23.2 Å². The van der Waals surface area contributed by atoms with Gasteiger partial charge >= 0.3 is 0 Å². The van der Waals surface area contributed by atoms with Crippen LogP contribution < -0.4 is 9.62 Å². The second kappa shape index (κ2) is 15.0. The lowest BCUT2D eigenvalue weighted by Crippen LogP contribution is -2.51.